The molecule has 1 aliphatic heterocycles. The fraction of sp³-hybridized carbons (Fsp3) is 0.474. The maximum atomic E-state index is 12.9. The van der Waals surface area contributed by atoms with Gasteiger partial charge in [0, 0.05) is 25.3 Å². The van der Waals surface area contributed by atoms with Crippen LogP contribution in [0, 0.1) is 6.92 Å². The molecule has 4 nitrogen and oxygen atoms in total. The number of benzene rings is 1. The van der Waals surface area contributed by atoms with Crippen molar-refractivity contribution in [1.29, 1.82) is 0 Å². The molecule has 1 amide bonds. The van der Waals surface area contributed by atoms with Crippen molar-refractivity contribution in [2.75, 3.05) is 19.7 Å². The third-order valence-corrected chi connectivity index (χ3v) is 5.71. The summed E-state index contributed by atoms with van der Waals surface area (Å²) in [6, 6.07) is 4.85. The molecule has 0 N–H and O–H groups in total. The molecule has 2 aromatic rings. The first-order chi connectivity index (χ1) is 12.8. The van der Waals surface area contributed by atoms with E-state index >= 15 is 0 Å². The monoisotopic (exact) mass is 398 g/mol. The average Bonchev–Trinajstić information content (AvgIpc) is 3.03. The number of carbonyl (C=O) groups is 1. The van der Waals surface area contributed by atoms with Crippen LogP contribution in [-0.4, -0.2) is 41.6 Å². The molecule has 0 bridgehead atoms. The molecule has 1 aromatic carbocycles. The molecular formula is C19H21F3N2O2S. The number of hydrogen-bond acceptors (Lipinski definition) is 4. The molecule has 1 aromatic heterocycles. The van der Waals surface area contributed by atoms with Gasteiger partial charge in [-0.05, 0) is 38.8 Å². The topological polar surface area (TPSA) is 42.4 Å². The molecule has 1 atom stereocenters. The first-order valence-electron chi connectivity index (χ1n) is 8.85. The van der Waals surface area contributed by atoms with Crippen LogP contribution in [0.1, 0.15) is 40.7 Å². The van der Waals surface area contributed by atoms with Crippen molar-refractivity contribution in [2.24, 2.45) is 0 Å². The summed E-state index contributed by atoms with van der Waals surface area (Å²) in [6.45, 7) is 5.53. The summed E-state index contributed by atoms with van der Waals surface area (Å²) in [5, 5.41) is 0.544. The minimum Gasteiger partial charge on any atom is -0.377 e. The number of thiazole rings is 1. The van der Waals surface area contributed by atoms with Gasteiger partial charge in [0.15, 0.2) is 0 Å². The molecule has 2 heterocycles. The Morgan fingerprint density at radius 1 is 1.33 bits per heavy atom. The van der Waals surface area contributed by atoms with Crippen molar-refractivity contribution >= 4 is 17.2 Å². The van der Waals surface area contributed by atoms with E-state index in [0.717, 1.165) is 25.0 Å². The molecule has 146 valence electrons. The standard InChI is InChI=1S/C19H21F3N2O2S/c1-3-26-15-5-4-10-24(11-15)18(25)16-12(2)23-17(27-16)13-6-8-14(9-7-13)19(20,21)22/h6-9,15H,3-5,10-11H2,1-2H3. The second kappa shape index (κ2) is 7.98. The number of carbonyl (C=O) groups excluding carboxylic acids is 1. The lowest BCUT2D eigenvalue weighted by atomic mass is 10.1. The SMILES string of the molecule is CCOC1CCCN(C(=O)c2sc(-c3ccc(C(F)(F)F)cc3)nc2C)C1. The molecular weight excluding hydrogens is 377 g/mol. The first-order valence-corrected chi connectivity index (χ1v) is 9.67. The normalized spacial score (nSPS) is 18.0. The Morgan fingerprint density at radius 3 is 2.67 bits per heavy atom. The van der Waals surface area contributed by atoms with Crippen LogP contribution < -0.4 is 0 Å². The van der Waals surface area contributed by atoms with E-state index in [1.807, 2.05) is 6.92 Å². The Balaban J connectivity index is 1.79. The summed E-state index contributed by atoms with van der Waals surface area (Å²) < 4.78 is 43.8. The van der Waals surface area contributed by atoms with Crippen LogP contribution in [0.15, 0.2) is 24.3 Å². The summed E-state index contributed by atoms with van der Waals surface area (Å²) in [6.07, 6.45) is -2.49. The van der Waals surface area contributed by atoms with Gasteiger partial charge in [0.2, 0.25) is 0 Å². The summed E-state index contributed by atoms with van der Waals surface area (Å²) >= 11 is 1.22. The number of aromatic nitrogens is 1. The van der Waals surface area contributed by atoms with Gasteiger partial charge in [-0.15, -0.1) is 11.3 Å². The summed E-state index contributed by atoms with van der Waals surface area (Å²) in [7, 11) is 0. The molecule has 1 unspecified atom stereocenters. The van der Waals surface area contributed by atoms with Gasteiger partial charge in [-0.1, -0.05) is 12.1 Å². The van der Waals surface area contributed by atoms with Crippen LogP contribution in [0.3, 0.4) is 0 Å². The smallest absolute Gasteiger partial charge is 0.377 e. The largest absolute Gasteiger partial charge is 0.416 e. The van der Waals surface area contributed by atoms with E-state index in [9.17, 15) is 18.0 Å². The zero-order valence-electron chi connectivity index (χ0n) is 15.2. The third-order valence-electron chi connectivity index (χ3n) is 4.52. The molecule has 0 spiro atoms. The number of aryl methyl sites for hydroxylation is 1. The number of ether oxygens (including phenoxy) is 1. The van der Waals surface area contributed by atoms with Crippen molar-refractivity contribution in [3.8, 4) is 10.6 Å². The van der Waals surface area contributed by atoms with Gasteiger partial charge < -0.3 is 9.64 Å². The predicted octanol–water partition coefficient (Wildman–Crippen LogP) is 4.78. The maximum Gasteiger partial charge on any atom is 0.416 e. The molecule has 0 radical (unpaired) electrons. The zero-order chi connectivity index (χ0) is 19.6. The van der Waals surface area contributed by atoms with Gasteiger partial charge >= 0.3 is 6.18 Å². The summed E-state index contributed by atoms with van der Waals surface area (Å²) in [4.78, 5) is 19.6. The van der Waals surface area contributed by atoms with Gasteiger partial charge in [-0.3, -0.25) is 4.79 Å². The highest BCUT2D eigenvalue weighted by molar-refractivity contribution is 7.17. The molecule has 27 heavy (non-hydrogen) atoms. The number of alkyl halides is 3. The number of nitrogens with zero attached hydrogens (tertiary/aromatic N) is 2. The van der Waals surface area contributed by atoms with Crippen LogP contribution >= 0.6 is 11.3 Å². The van der Waals surface area contributed by atoms with E-state index in [0.29, 0.717) is 40.8 Å². The molecule has 1 aliphatic rings. The highest BCUT2D eigenvalue weighted by Crippen LogP contribution is 2.33. The van der Waals surface area contributed by atoms with Crippen LogP contribution in [0.25, 0.3) is 10.6 Å². The third kappa shape index (κ3) is 4.50. The Kier molecular flexibility index (Phi) is 5.86. The lowest BCUT2D eigenvalue weighted by Crippen LogP contribution is -2.43. The second-order valence-corrected chi connectivity index (χ2v) is 7.48. The Hall–Kier alpha value is -1.93. The quantitative estimate of drug-likeness (QED) is 0.745. The second-order valence-electron chi connectivity index (χ2n) is 6.48. The van der Waals surface area contributed by atoms with Gasteiger partial charge in [0.25, 0.3) is 5.91 Å². The Labute approximate surface area is 160 Å². The number of likely N-dealkylation sites (tertiary alicyclic amines) is 1. The zero-order valence-corrected chi connectivity index (χ0v) is 16.0. The van der Waals surface area contributed by atoms with E-state index in [4.69, 9.17) is 4.74 Å². The molecule has 1 saturated heterocycles. The predicted molar refractivity (Wildman–Crippen MR) is 97.8 cm³/mol. The van der Waals surface area contributed by atoms with E-state index in [-0.39, 0.29) is 12.0 Å². The average molecular weight is 398 g/mol. The first kappa shape index (κ1) is 19.8. The highest BCUT2D eigenvalue weighted by atomic mass is 32.1. The number of rotatable bonds is 4. The fourth-order valence-electron chi connectivity index (χ4n) is 3.16. The van der Waals surface area contributed by atoms with Gasteiger partial charge in [-0.25, -0.2) is 4.98 Å². The van der Waals surface area contributed by atoms with Crippen LogP contribution in [0.4, 0.5) is 13.2 Å². The molecule has 0 saturated carbocycles. The number of piperidine rings is 1. The van der Waals surface area contributed by atoms with Gasteiger partial charge in [0.05, 0.1) is 17.4 Å². The van der Waals surface area contributed by atoms with Crippen molar-refractivity contribution in [3.05, 3.63) is 40.4 Å². The lowest BCUT2D eigenvalue weighted by Gasteiger charge is -2.32. The van der Waals surface area contributed by atoms with E-state index in [1.54, 1.807) is 11.8 Å². The molecule has 3 rings (SSSR count). The Morgan fingerprint density at radius 2 is 2.04 bits per heavy atom. The van der Waals surface area contributed by atoms with Crippen molar-refractivity contribution in [2.45, 2.75) is 39.0 Å². The molecule has 1 fully saturated rings. The van der Waals surface area contributed by atoms with Crippen LogP contribution in [0.2, 0.25) is 0 Å². The number of amides is 1. The van der Waals surface area contributed by atoms with Gasteiger partial charge in [-0.2, -0.15) is 13.2 Å². The van der Waals surface area contributed by atoms with Crippen molar-refractivity contribution in [1.82, 2.24) is 9.88 Å². The minimum atomic E-state index is -4.37. The Bertz CT molecular complexity index is 800. The minimum absolute atomic E-state index is 0.0512. The maximum absolute atomic E-state index is 12.9. The van der Waals surface area contributed by atoms with Gasteiger partial charge in [0.1, 0.15) is 9.88 Å². The van der Waals surface area contributed by atoms with Crippen molar-refractivity contribution in [3.63, 3.8) is 0 Å². The van der Waals surface area contributed by atoms with E-state index < -0.39 is 11.7 Å². The highest BCUT2D eigenvalue weighted by Gasteiger charge is 2.30. The fourth-order valence-corrected chi connectivity index (χ4v) is 4.20. The number of halogens is 3. The molecule has 0 aliphatic carbocycles. The molecule has 8 heteroatoms. The lowest BCUT2D eigenvalue weighted by molar-refractivity contribution is -0.137. The summed E-state index contributed by atoms with van der Waals surface area (Å²) in [5.74, 6) is -0.0902. The van der Waals surface area contributed by atoms with E-state index in [2.05, 4.69) is 4.98 Å². The summed E-state index contributed by atoms with van der Waals surface area (Å²) in [5.41, 5.74) is 0.463. The van der Waals surface area contributed by atoms with Crippen LogP contribution in [-0.2, 0) is 10.9 Å². The van der Waals surface area contributed by atoms with Crippen molar-refractivity contribution < 1.29 is 22.7 Å². The number of hydrogen-bond donors (Lipinski definition) is 0. The van der Waals surface area contributed by atoms with E-state index in [1.165, 1.54) is 23.5 Å². The van der Waals surface area contributed by atoms with Crippen LogP contribution in [0.5, 0.6) is 0 Å².